The summed E-state index contributed by atoms with van der Waals surface area (Å²) in [5.41, 5.74) is 0. The van der Waals surface area contributed by atoms with E-state index in [1.165, 1.54) is 25.7 Å². The molecule has 2 unspecified atom stereocenters. The SMILES string of the molecule is CC(NC(=O)CN1CCCC(C(=O)NCC2CC2)C1)C1CC1. The van der Waals surface area contributed by atoms with E-state index in [0.29, 0.717) is 18.5 Å². The highest BCUT2D eigenvalue weighted by molar-refractivity contribution is 5.80. The summed E-state index contributed by atoms with van der Waals surface area (Å²) in [6.07, 6.45) is 6.97. The van der Waals surface area contributed by atoms with Crippen LogP contribution < -0.4 is 10.6 Å². The van der Waals surface area contributed by atoms with E-state index in [1.54, 1.807) is 0 Å². The number of rotatable bonds is 7. The fourth-order valence-corrected chi connectivity index (χ4v) is 3.34. The maximum absolute atomic E-state index is 12.2. The Morgan fingerprint density at radius 1 is 1.18 bits per heavy atom. The van der Waals surface area contributed by atoms with Crippen molar-refractivity contribution in [3.8, 4) is 0 Å². The van der Waals surface area contributed by atoms with Crippen molar-refractivity contribution in [2.24, 2.45) is 17.8 Å². The normalized spacial score (nSPS) is 27.2. The number of amides is 2. The van der Waals surface area contributed by atoms with Crippen LogP contribution in [0.1, 0.15) is 45.4 Å². The lowest BCUT2D eigenvalue weighted by Gasteiger charge is -2.31. The number of nitrogens with zero attached hydrogens (tertiary/aromatic N) is 1. The molecular formula is C17H29N3O2. The predicted octanol–water partition coefficient (Wildman–Crippen LogP) is 1.14. The van der Waals surface area contributed by atoms with Crippen molar-refractivity contribution in [1.82, 2.24) is 15.5 Å². The van der Waals surface area contributed by atoms with Crippen LogP contribution >= 0.6 is 0 Å². The average Bonchev–Trinajstić information content (AvgIpc) is 3.38. The van der Waals surface area contributed by atoms with Gasteiger partial charge in [0.05, 0.1) is 12.5 Å². The van der Waals surface area contributed by atoms with Gasteiger partial charge in [-0.3, -0.25) is 14.5 Å². The summed E-state index contributed by atoms with van der Waals surface area (Å²) >= 11 is 0. The van der Waals surface area contributed by atoms with Crippen LogP contribution in [-0.2, 0) is 9.59 Å². The van der Waals surface area contributed by atoms with Gasteiger partial charge in [0.2, 0.25) is 11.8 Å². The van der Waals surface area contributed by atoms with E-state index >= 15 is 0 Å². The Balaban J connectivity index is 1.39. The van der Waals surface area contributed by atoms with Crippen LogP contribution in [0.4, 0.5) is 0 Å². The molecule has 2 atom stereocenters. The third-order valence-electron chi connectivity index (χ3n) is 5.22. The Morgan fingerprint density at radius 3 is 2.64 bits per heavy atom. The minimum Gasteiger partial charge on any atom is -0.356 e. The number of carbonyl (C=O) groups is 2. The lowest BCUT2D eigenvalue weighted by Crippen LogP contribution is -2.48. The van der Waals surface area contributed by atoms with Gasteiger partial charge >= 0.3 is 0 Å². The maximum atomic E-state index is 12.2. The molecule has 1 saturated heterocycles. The molecule has 3 rings (SSSR count). The van der Waals surface area contributed by atoms with Gasteiger partial charge in [0.15, 0.2) is 0 Å². The van der Waals surface area contributed by atoms with Crippen LogP contribution in [0.5, 0.6) is 0 Å². The predicted molar refractivity (Wildman–Crippen MR) is 85.2 cm³/mol. The number of hydrogen-bond acceptors (Lipinski definition) is 3. The number of piperidine rings is 1. The van der Waals surface area contributed by atoms with Crippen LogP contribution in [0.25, 0.3) is 0 Å². The van der Waals surface area contributed by atoms with Crippen molar-refractivity contribution < 1.29 is 9.59 Å². The standard InChI is InChI=1S/C17H29N3O2/c1-12(14-6-7-14)19-16(21)11-20-8-2-3-15(10-20)17(22)18-9-13-4-5-13/h12-15H,2-11H2,1H3,(H,18,22)(H,19,21). The van der Waals surface area contributed by atoms with E-state index in [1.807, 2.05) is 0 Å². The minimum absolute atomic E-state index is 0.0566. The first-order chi connectivity index (χ1) is 10.6. The largest absolute Gasteiger partial charge is 0.356 e. The Labute approximate surface area is 133 Å². The molecule has 1 heterocycles. The summed E-state index contributed by atoms with van der Waals surface area (Å²) in [6.45, 7) is 5.03. The van der Waals surface area contributed by atoms with Crippen molar-refractivity contribution >= 4 is 11.8 Å². The Kier molecular flexibility index (Phi) is 5.01. The zero-order chi connectivity index (χ0) is 15.5. The van der Waals surface area contributed by atoms with E-state index < -0.39 is 0 Å². The molecule has 5 heteroatoms. The first kappa shape index (κ1) is 15.8. The third kappa shape index (κ3) is 4.70. The average molecular weight is 307 g/mol. The van der Waals surface area contributed by atoms with Gasteiger partial charge in [0, 0.05) is 19.1 Å². The highest BCUT2D eigenvalue weighted by Crippen LogP contribution is 2.32. The summed E-state index contributed by atoms with van der Waals surface area (Å²) in [7, 11) is 0. The van der Waals surface area contributed by atoms with Crippen LogP contribution in [-0.4, -0.2) is 48.9 Å². The number of nitrogens with one attached hydrogen (secondary N) is 2. The number of likely N-dealkylation sites (tertiary alicyclic amines) is 1. The first-order valence-corrected chi connectivity index (χ1v) is 8.91. The summed E-state index contributed by atoms with van der Waals surface area (Å²) in [4.78, 5) is 26.4. The van der Waals surface area contributed by atoms with E-state index in [2.05, 4.69) is 22.5 Å². The molecule has 0 aromatic rings. The zero-order valence-corrected chi connectivity index (χ0v) is 13.6. The van der Waals surface area contributed by atoms with Gasteiger partial charge in [-0.25, -0.2) is 0 Å². The molecule has 3 fully saturated rings. The van der Waals surface area contributed by atoms with Gasteiger partial charge < -0.3 is 10.6 Å². The van der Waals surface area contributed by atoms with Gasteiger partial charge in [-0.05, 0) is 63.8 Å². The molecule has 2 N–H and O–H groups in total. The van der Waals surface area contributed by atoms with Crippen molar-refractivity contribution in [2.45, 2.75) is 51.5 Å². The summed E-state index contributed by atoms with van der Waals surface area (Å²) < 4.78 is 0. The molecule has 1 aliphatic heterocycles. The fourth-order valence-electron chi connectivity index (χ4n) is 3.34. The number of carbonyl (C=O) groups excluding carboxylic acids is 2. The molecule has 2 amide bonds. The van der Waals surface area contributed by atoms with Gasteiger partial charge in [0.1, 0.15) is 0 Å². The van der Waals surface area contributed by atoms with E-state index in [9.17, 15) is 9.59 Å². The van der Waals surface area contributed by atoms with E-state index in [-0.39, 0.29) is 17.7 Å². The van der Waals surface area contributed by atoms with Gasteiger partial charge in [-0.1, -0.05) is 0 Å². The Morgan fingerprint density at radius 2 is 1.95 bits per heavy atom. The maximum Gasteiger partial charge on any atom is 0.234 e. The van der Waals surface area contributed by atoms with Crippen LogP contribution in [0.3, 0.4) is 0 Å². The van der Waals surface area contributed by atoms with Crippen molar-refractivity contribution in [2.75, 3.05) is 26.2 Å². The second-order valence-corrected chi connectivity index (χ2v) is 7.46. The molecule has 0 aromatic carbocycles. The van der Waals surface area contributed by atoms with Crippen LogP contribution in [0.15, 0.2) is 0 Å². The van der Waals surface area contributed by atoms with E-state index in [4.69, 9.17) is 0 Å². The Bertz CT molecular complexity index is 418. The van der Waals surface area contributed by atoms with Crippen molar-refractivity contribution in [1.29, 1.82) is 0 Å². The van der Waals surface area contributed by atoms with Crippen LogP contribution in [0.2, 0.25) is 0 Å². The van der Waals surface area contributed by atoms with Gasteiger partial charge in [-0.15, -0.1) is 0 Å². The van der Waals surface area contributed by atoms with E-state index in [0.717, 1.165) is 38.4 Å². The molecule has 5 nitrogen and oxygen atoms in total. The summed E-state index contributed by atoms with van der Waals surface area (Å²) in [5, 5.41) is 6.18. The van der Waals surface area contributed by atoms with Crippen LogP contribution in [0, 0.1) is 17.8 Å². The summed E-state index contributed by atoms with van der Waals surface area (Å²) in [6, 6.07) is 0.301. The van der Waals surface area contributed by atoms with Crippen molar-refractivity contribution in [3.63, 3.8) is 0 Å². The second kappa shape index (κ2) is 6.99. The smallest absolute Gasteiger partial charge is 0.234 e. The molecule has 124 valence electrons. The summed E-state index contributed by atoms with van der Waals surface area (Å²) in [5.74, 6) is 1.76. The first-order valence-electron chi connectivity index (χ1n) is 8.91. The molecule has 0 aromatic heterocycles. The lowest BCUT2D eigenvalue weighted by atomic mass is 9.97. The van der Waals surface area contributed by atoms with Gasteiger partial charge in [-0.2, -0.15) is 0 Å². The molecule has 0 spiro atoms. The lowest BCUT2D eigenvalue weighted by molar-refractivity contribution is -0.129. The van der Waals surface area contributed by atoms with Crippen molar-refractivity contribution in [3.05, 3.63) is 0 Å². The zero-order valence-electron chi connectivity index (χ0n) is 13.6. The second-order valence-electron chi connectivity index (χ2n) is 7.46. The quantitative estimate of drug-likeness (QED) is 0.741. The molecule has 2 aliphatic carbocycles. The molecule has 22 heavy (non-hydrogen) atoms. The van der Waals surface area contributed by atoms with Gasteiger partial charge in [0.25, 0.3) is 0 Å². The molecular weight excluding hydrogens is 278 g/mol. The third-order valence-corrected chi connectivity index (χ3v) is 5.22. The molecule has 0 radical (unpaired) electrons. The molecule has 0 bridgehead atoms. The number of hydrogen-bond donors (Lipinski definition) is 2. The monoisotopic (exact) mass is 307 g/mol. The highest BCUT2D eigenvalue weighted by Gasteiger charge is 2.31. The topological polar surface area (TPSA) is 61.4 Å². The Hall–Kier alpha value is -1.10. The minimum atomic E-state index is 0.0566. The molecule has 3 aliphatic rings. The molecule has 2 saturated carbocycles. The highest BCUT2D eigenvalue weighted by atomic mass is 16.2. The fraction of sp³-hybridized carbons (Fsp3) is 0.882.